The van der Waals surface area contributed by atoms with Crippen LogP contribution in [-0.2, 0) is 0 Å². The molecule has 2 heterocycles. The third-order valence-electron chi connectivity index (χ3n) is 5.37. The van der Waals surface area contributed by atoms with Gasteiger partial charge >= 0.3 is 0 Å². The molecule has 4 fully saturated rings. The van der Waals surface area contributed by atoms with Crippen LogP contribution < -0.4 is 10.6 Å². The van der Waals surface area contributed by atoms with Crippen LogP contribution in [0, 0.1) is 23.7 Å². The van der Waals surface area contributed by atoms with Gasteiger partial charge in [-0.15, -0.1) is 0 Å². The van der Waals surface area contributed by atoms with Gasteiger partial charge < -0.3 is 10.6 Å². The Bertz CT molecular complexity index is 223. The Kier molecular flexibility index (Phi) is 2.97. The number of fused-ring (bicyclic) bond motifs is 4. The Morgan fingerprint density at radius 3 is 1.94 bits per heavy atom. The number of nitrogens with one attached hydrogen (secondary N) is 2. The van der Waals surface area contributed by atoms with E-state index >= 15 is 0 Å². The molecule has 2 heteroatoms. The van der Waals surface area contributed by atoms with Crippen LogP contribution in [0.1, 0.15) is 39.5 Å². The van der Waals surface area contributed by atoms with Crippen LogP contribution in [0.5, 0.6) is 0 Å². The molecule has 6 unspecified atom stereocenters. The first-order valence-corrected chi connectivity index (χ1v) is 7.19. The Hall–Kier alpha value is -0.0800. The van der Waals surface area contributed by atoms with Crippen LogP contribution in [-0.4, -0.2) is 25.2 Å². The molecule has 0 spiro atoms. The molecular formula is C14H26N2. The first kappa shape index (κ1) is 11.0. The second-order valence-electron chi connectivity index (χ2n) is 6.64. The molecule has 4 bridgehead atoms. The molecule has 0 aromatic carbocycles. The highest BCUT2D eigenvalue weighted by atomic mass is 15.0. The highest BCUT2D eigenvalue weighted by Gasteiger charge is 2.36. The van der Waals surface area contributed by atoms with Crippen LogP contribution in [0.3, 0.4) is 0 Å². The van der Waals surface area contributed by atoms with Gasteiger partial charge in [0.2, 0.25) is 0 Å². The predicted molar refractivity (Wildman–Crippen MR) is 67.4 cm³/mol. The summed E-state index contributed by atoms with van der Waals surface area (Å²) in [6, 6.07) is 1.79. The summed E-state index contributed by atoms with van der Waals surface area (Å²) in [5, 5.41) is 6.99. The summed E-state index contributed by atoms with van der Waals surface area (Å²) in [7, 11) is 0. The summed E-state index contributed by atoms with van der Waals surface area (Å²) in [5.74, 6) is 4.05. The smallest absolute Gasteiger partial charge is 0.00960 e. The fourth-order valence-electron chi connectivity index (χ4n) is 4.25. The maximum absolute atomic E-state index is 3.51. The Balaban J connectivity index is 0.000000101. The van der Waals surface area contributed by atoms with E-state index in [0.717, 1.165) is 35.8 Å². The highest BCUT2D eigenvalue weighted by molar-refractivity contribution is 4.93. The third-order valence-corrected chi connectivity index (χ3v) is 5.37. The second-order valence-corrected chi connectivity index (χ2v) is 6.64. The first-order valence-electron chi connectivity index (χ1n) is 7.19. The topological polar surface area (TPSA) is 24.1 Å². The lowest BCUT2D eigenvalue weighted by Gasteiger charge is -2.17. The number of hydrogen-bond donors (Lipinski definition) is 2. The first-order chi connectivity index (χ1) is 7.72. The van der Waals surface area contributed by atoms with Crippen LogP contribution in [0.4, 0.5) is 0 Å². The van der Waals surface area contributed by atoms with Crippen molar-refractivity contribution in [1.82, 2.24) is 10.6 Å². The minimum absolute atomic E-state index is 0.889. The van der Waals surface area contributed by atoms with Crippen LogP contribution >= 0.6 is 0 Å². The molecule has 4 rings (SSSR count). The Morgan fingerprint density at radius 1 is 0.812 bits per heavy atom. The van der Waals surface area contributed by atoms with Crippen molar-refractivity contribution in [3.8, 4) is 0 Å². The fraction of sp³-hybridized carbons (Fsp3) is 1.00. The average molecular weight is 222 g/mol. The van der Waals surface area contributed by atoms with Crippen LogP contribution in [0.15, 0.2) is 0 Å². The Morgan fingerprint density at radius 2 is 1.69 bits per heavy atom. The zero-order valence-electron chi connectivity index (χ0n) is 10.7. The van der Waals surface area contributed by atoms with Gasteiger partial charge in [-0.05, 0) is 62.4 Å². The molecule has 16 heavy (non-hydrogen) atoms. The van der Waals surface area contributed by atoms with Gasteiger partial charge in [-0.25, -0.2) is 0 Å². The number of hydrogen-bond acceptors (Lipinski definition) is 2. The lowest BCUT2D eigenvalue weighted by molar-refractivity contribution is 0.379. The van der Waals surface area contributed by atoms with Crippen molar-refractivity contribution >= 4 is 0 Å². The fourth-order valence-corrected chi connectivity index (χ4v) is 4.25. The molecule has 2 aliphatic heterocycles. The molecule has 2 aliphatic carbocycles. The van der Waals surface area contributed by atoms with E-state index < -0.39 is 0 Å². The standard InChI is InChI=1S/2C7H13N/c1-5-2-7-3-6(5)4-8-7;1-5-2-6-3-7(5)8-4-6/h2*5-8H,2-4H2,1H3. The molecule has 0 amide bonds. The zero-order chi connectivity index (χ0) is 11.1. The van der Waals surface area contributed by atoms with Crippen LogP contribution in [0.25, 0.3) is 0 Å². The second kappa shape index (κ2) is 4.30. The van der Waals surface area contributed by atoms with Crippen molar-refractivity contribution in [3.05, 3.63) is 0 Å². The van der Waals surface area contributed by atoms with Gasteiger partial charge in [0.1, 0.15) is 0 Å². The van der Waals surface area contributed by atoms with Gasteiger partial charge in [0.05, 0.1) is 0 Å². The highest BCUT2D eigenvalue weighted by Crippen LogP contribution is 2.36. The van der Waals surface area contributed by atoms with E-state index in [2.05, 4.69) is 24.5 Å². The van der Waals surface area contributed by atoms with E-state index in [9.17, 15) is 0 Å². The van der Waals surface area contributed by atoms with E-state index in [-0.39, 0.29) is 0 Å². The lowest BCUT2D eigenvalue weighted by Crippen LogP contribution is -2.30. The normalized spacial score (nSPS) is 52.9. The SMILES string of the molecule is CC1CC2CC1CN2.CC1CC2CNC1C2. The predicted octanol–water partition coefficient (Wildman–Crippen LogP) is 2.01. The van der Waals surface area contributed by atoms with Gasteiger partial charge in [0, 0.05) is 12.1 Å². The summed E-state index contributed by atoms with van der Waals surface area (Å²) >= 11 is 0. The summed E-state index contributed by atoms with van der Waals surface area (Å²) in [5.41, 5.74) is 0. The van der Waals surface area contributed by atoms with Gasteiger partial charge in [-0.2, -0.15) is 0 Å². The van der Waals surface area contributed by atoms with Crippen molar-refractivity contribution in [2.75, 3.05) is 13.1 Å². The number of rotatable bonds is 0. The molecule has 2 N–H and O–H groups in total. The lowest BCUT2D eigenvalue weighted by atomic mass is 9.98. The molecular weight excluding hydrogens is 196 g/mol. The molecule has 6 atom stereocenters. The third kappa shape index (κ3) is 2.02. The average Bonchev–Trinajstić information content (AvgIpc) is 2.94. The van der Waals surface area contributed by atoms with Gasteiger partial charge in [0.15, 0.2) is 0 Å². The molecule has 0 aromatic rings. The summed E-state index contributed by atoms with van der Waals surface area (Å²) < 4.78 is 0. The van der Waals surface area contributed by atoms with E-state index in [1.54, 1.807) is 0 Å². The Labute approximate surface area is 99.6 Å². The molecule has 2 nitrogen and oxygen atoms in total. The minimum Gasteiger partial charge on any atom is -0.314 e. The maximum atomic E-state index is 3.51. The van der Waals surface area contributed by atoms with Gasteiger partial charge in [-0.1, -0.05) is 13.8 Å². The largest absolute Gasteiger partial charge is 0.314 e. The molecule has 4 aliphatic rings. The van der Waals surface area contributed by atoms with Crippen molar-refractivity contribution < 1.29 is 0 Å². The van der Waals surface area contributed by atoms with Crippen molar-refractivity contribution in [3.63, 3.8) is 0 Å². The molecule has 0 aromatic heterocycles. The van der Waals surface area contributed by atoms with Crippen molar-refractivity contribution in [2.24, 2.45) is 23.7 Å². The minimum atomic E-state index is 0.889. The van der Waals surface area contributed by atoms with Crippen molar-refractivity contribution in [1.29, 1.82) is 0 Å². The quantitative estimate of drug-likeness (QED) is 0.655. The van der Waals surface area contributed by atoms with Gasteiger partial charge in [-0.3, -0.25) is 0 Å². The van der Waals surface area contributed by atoms with E-state index in [4.69, 9.17) is 0 Å². The molecule has 2 saturated heterocycles. The monoisotopic (exact) mass is 222 g/mol. The summed E-state index contributed by atoms with van der Waals surface area (Å²) in [4.78, 5) is 0. The summed E-state index contributed by atoms with van der Waals surface area (Å²) in [6.45, 7) is 7.34. The molecule has 2 saturated carbocycles. The maximum Gasteiger partial charge on any atom is 0.00960 e. The van der Waals surface area contributed by atoms with E-state index in [1.165, 1.54) is 38.8 Å². The van der Waals surface area contributed by atoms with Gasteiger partial charge in [0.25, 0.3) is 0 Å². The zero-order valence-corrected chi connectivity index (χ0v) is 10.7. The molecule has 92 valence electrons. The van der Waals surface area contributed by atoms with Crippen LogP contribution in [0.2, 0.25) is 0 Å². The molecule has 0 radical (unpaired) electrons. The summed E-state index contributed by atoms with van der Waals surface area (Å²) in [6.07, 6.45) is 5.84. The van der Waals surface area contributed by atoms with E-state index in [1.807, 2.05) is 0 Å². The number of piperidine rings is 2. The van der Waals surface area contributed by atoms with E-state index in [0.29, 0.717) is 0 Å². The van der Waals surface area contributed by atoms with Crippen molar-refractivity contribution in [2.45, 2.75) is 51.6 Å².